The van der Waals surface area contributed by atoms with Crippen LogP contribution in [-0.4, -0.2) is 48.9 Å². The van der Waals surface area contributed by atoms with Crippen LogP contribution >= 0.6 is 0 Å². The van der Waals surface area contributed by atoms with Crippen LogP contribution < -0.4 is 16.0 Å². The summed E-state index contributed by atoms with van der Waals surface area (Å²) in [5, 5.41) is 7.37. The molecule has 0 aliphatic carbocycles. The summed E-state index contributed by atoms with van der Waals surface area (Å²) in [6.07, 6.45) is 1.55. The van der Waals surface area contributed by atoms with Crippen LogP contribution in [0.25, 0.3) is 0 Å². The molecule has 2 rings (SSSR count). The quantitative estimate of drug-likeness (QED) is 0.757. The highest BCUT2D eigenvalue weighted by Crippen LogP contribution is 2.18. The zero-order valence-electron chi connectivity index (χ0n) is 12.5. The van der Waals surface area contributed by atoms with E-state index in [1.807, 2.05) is 30.3 Å². The van der Waals surface area contributed by atoms with Crippen LogP contribution in [0.1, 0.15) is 12.8 Å². The van der Waals surface area contributed by atoms with E-state index in [0.29, 0.717) is 13.0 Å². The molecule has 3 N–H and O–H groups in total. The molecule has 0 bridgehead atoms. The molecule has 1 aromatic rings. The minimum atomic E-state index is -0.547. The minimum Gasteiger partial charge on any atom is -0.341 e. The van der Waals surface area contributed by atoms with Crippen LogP contribution in [0.3, 0.4) is 0 Å². The number of amides is 4. The molecule has 0 aromatic heterocycles. The molecular weight excluding hydrogens is 284 g/mol. The van der Waals surface area contributed by atoms with Gasteiger partial charge in [-0.2, -0.15) is 0 Å². The smallest absolute Gasteiger partial charge is 0.321 e. The maximum absolute atomic E-state index is 12.3. The van der Waals surface area contributed by atoms with Crippen molar-refractivity contribution in [3.63, 3.8) is 0 Å². The van der Waals surface area contributed by atoms with E-state index in [0.717, 1.165) is 12.1 Å². The second kappa shape index (κ2) is 7.56. The van der Waals surface area contributed by atoms with Gasteiger partial charge in [0.05, 0.1) is 12.6 Å². The molecule has 118 valence electrons. The Morgan fingerprint density at radius 2 is 1.95 bits per heavy atom. The Balaban J connectivity index is 1.91. The van der Waals surface area contributed by atoms with Crippen LogP contribution in [0.4, 0.5) is 10.5 Å². The van der Waals surface area contributed by atoms with Crippen LogP contribution in [0.15, 0.2) is 30.3 Å². The van der Waals surface area contributed by atoms with Crippen LogP contribution in [0.2, 0.25) is 0 Å². The summed E-state index contributed by atoms with van der Waals surface area (Å²) < 4.78 is 0. The van der Waals surface area contributed by atoms with Gasteiger partial charge < -0.3 is 10.6 Å². The monoisotopic (exact) mass is 304 g/mol. The largest absolute Gasteiger partial charge is 0.341 e. The lowest BCUT2D eigenvalue weighted by Gasteiger charge is -2.22. The highest BCUT2D eigenvalue weighted by Gasteiger charge is 2.32. The molecular formula is C15H20N4O3. The Morgan fingerprint density at radius 3 is 2.64 bits per heavy atom. The second-order valence-corrected chi connectivity index (χ2v) is 5.11. The highest BCUT2D eigenvalue weighted by molar-refractivity contribution is 5.97. The molecule has 0 radical (unpaired) electrons. The number of hydrogen-bond acceptors (Lipinski definition) is 4. The van der Waals surface area contributed by atoms with E-state index in [2.05, 4.69) is 16.0 Å². The number of hydrogen-bond donors (Lipinski definition) is 3. The Hall–Kier alpha value is -2.41. The van der Waals surface area contributed by atoms with Crippen molar-refractivity contribution in [1.82, 2.24) is 15.5 Å². The average molecular weight is 304 g/mol. The molecule has 1 saturated heterocycles. The van der Waals surface area contributed by atoms with Crippen molar-refractivity contribution in [2.45, 2.75) is 18.9 Å². The first-order valence-corrected chi connectivity index (χ1v) is 7.21. The predicted octanol–water partition coefficient (Wildman–Crippen LogP) is 0.545. The molecule has 1 aliphatic heterocycles. The van der Waals surface area contributed by atoms with Gasteiger partial charge >= 0.3 is 6.03 Å². The predicted molar refractivity (Wildman–Crippen MR) is 82.3 cm³/mol. The molecule has 1 atom stereocenters. The molecule has 1 aromatic carbocycles. The van der Waals surface area contributed by atoms with Gasteiger partial charge in [0, 0.05) is 12.7 Å². The van der Waals surface area contributed by atoms with Crippen molar-refractivity contribution in [3.8, 4) is 0 Å². The first-order chi connectivity index (χ1) is 10.6. The lowest BCUT2D eigenvalue weighted by Crippen LogP contribution is -2.47. The van der Waals surface area contributed by atoms with E-state index in [-0.39, 0.29) is 18.5 Å². The molecule has 1 aliphatic rings. The summed E-state index contributed by atoms with van der Waals surface area (Å²) in [4.78, 5) is 37.0. The van der Waals surface area contributed by atoms with E-state index >= 15 is 0 Å². The van der Waals surface area contributed by atoms with Crippen molar-refractivity contribution in [1.29, 1.82) is 0 Å². The fraction of sp³-hybridized carbons (Fsp3) is 0.400. The average Bonchev–Trinajstić information content (AvgIpc) is 2.96. The van der Waals surface area contributed by atoms with Gasteiger partial charge in [0.25, 0.3) is 0 Å². The standard InChI is InChI=1S/C15H20N4O3/c1-16-15(22)18-13(20)10-19-9-5-8-12(19)14(21)17-11-6-3-2-4-7-11/h2-4,6-7,12H,5,8-10H2,1H3,(H,17,21)(H2,16,18,20,22). The molecule has 7 heteroatoms. The number of imide groups is 1. The van der Waals surface area contributed by atoms with E-state index in [1.165, 1.54) is 7.05 Å². The van der Waals surface area contributed by atoms with Crippen LogP contribution in [0, 0.1) is 0 Å². The first-order valence-electron chi connectivity index (χ1n) is 7.21. The summed E-state index contributed by atoms with van der Waals surface area (Å²) in [5.41, 5.74) is 0.731. The molecule has 7 nitrogen and oxygen atoms in total. The number of rotatable bonds is 4. The number of carbonyl (C=O) groups excluding carboxylic acids is 3. The number of likely N-dealkylation sites (tertiary alicyclic amines) is 1. The Bertz CT molecular complexity index is 547. The van der Waals surface area contributed by atoms with Gasteiger partial charge in [-0.15, -0.1) is 0 Å². The van der Waals surface area contributed by atoms with Crippen LogP contribution in [-0.2, 0) is 9.59 Å². The summed E-state index contributed by atoms with van der Waals surface area (Å²) in [7, 11) is 1.44. The summed E-state index contributed by atoms with van der Waals surface area (Å²) >= 11 is 0. The van der Waals surface area contributed by atoms with Gasteiger partial charge in [-0.1, -0.05) is 18.2 Å². The molecule has 1 heterocycles. The Kier molecular flexibility index (Phi) is 5.48. The van der Waals surface area contributed by atoms with Gasteiger partial charge in [-0.05, 0) is 31.5 Å². The Labute approximate surface area is 129 Å². The maximum Gasteiger partial charge on any atom is 0.321 e. The summed E-state index contributed by atoms with van der Waals surface area (Å²) in [5.74, 6) is -0.546. The van der Waals surface area contributed by atoms with Crippen molar-refractivity contribution in [2.75, 3.05) is 25.5 Å². The second-order valence-electron chi connectivity index (χ2n) is 5.11. The number of anilines is 1. The fourth-order valence-corrected chi connectivity index (χ4v) is 2.47. The molecule has 0 saturated carbocycles. The third-order valence-corrected chi connectivity index (χ3v) is 3.53. The topological polar surface area (TPSA) is 90.5 Å². The molecule has 0 spiro atoms. The van der Waals surface area contributed by atoms with E-state index in [9.17, 15) is 14.4 Å². The molecule has 1 unspecified atom stereocenters. The van der Waals surface area contributed by atoms with Gasteiger partial charge in [-0.25, -0.2) is 4.79 Å². The number of nitrogens with one attached hydrogen (secondary N) is 3. The number of urea groups is 1. The van der Waals surface area contributed by atoms with E-state index in [1.54, 1.807) is 4.90 Å². The lowest BCUT2D eigenvalue weighted by atomic mass is 10.2. The third-order valence-electron chi connectivity index (χ3n) is 3.53. The lowest BCUT2D eigenvalue weighted by molar-refractivity contribution is -0.124. The van der Waals surface area contributed by atoms with Crippen molar-refractivity contribution < 1.29 is 14.4 Å². The fourth-order valence-electron chi connectivity index (χ4n) is 2.47. The maximum atomic E-state index is 12.3. The van der Waals surface area contributed by atoms with E-state index in [4.69, 9.17) is 0 Å². The highest BCUT2D eigenvalue weighted by atomic mass is 16.2. The molecule has 1 fully saturated rings. The number of benzene rings is 1. The summed E-state index contributed by atoms with van der Waals surface area (Å²) in [6.45, 7) is 0.689. The van der Waals surface area contributed by atoms with Crippen molar-refractivity contribution >= 4 is 23.5 Å². The number of para-hydroxylation sites is 1. The van der Waals surface area contributed by atoms with Gasteiger partial charge in [0.2, 0.25) is 11.8 Å². The zero-order chi connectivity index (χ0) is 15.9. The van der Waals surface area contributed by atoms with Crippen molar-refractivity contribution in [2.24, 2.45) is 0 Å². The minimum absolute atomic E-state index is 0.0281. The van der Waals surface area contributed by atoms with Crippen molar-refractivity contribution in [3.05, 3.63) is 30.3 Å². The molecule has 4 amide bonds. The number of nitrogens with zero attached hydrogens (tertiary/aromatic N) is 1. The van der Waals surface area contributed by atoms with Gasteiger partial charge in [0.15, 0.2) is 0 Å². The SMILES string of the molecule is CNC(=O)NC(=O)CN1CCCC1C(=O)Nc1ccccc1. The van der Waals surface area contributed by atoms with Gasteiger partial charge in [0.1, 0.15) is 0 Å². The zero-order valence-corrected chi connectivity index (χ0v) is 12.5. The third kappa shape index (κ3) is 4.29. The number of carbonyl (C=O) groups is 3. The summed E-state index contributed by atoms with van der Waals surface area (Å²) in [6, 6.07) is 8.30. The molecule has 22 heavy (non-hydrogen) atoms. The normalized spacial score (nSPS) is 17.8. The first kappa shape index (κ1) is 16.0. The van der Waals surface area contributed by atoms with Crippen LogP contribution in [0.5, 0.6) is 0 Å². The van der Waals surface area contributed by atoms with E-state index < -0.39 is 11.9 Å². The Morgan fingerprint density at radius 1 is 1.23 bits per heavy atom. The van der Waals surface area contributed by atoms with Gasteiger partial charge in [-0.3, -0.25) is 19.8 Å².